The van der Waals surface area contributed by atoms with E-state index in [-0.39, 0.29) is 13.2 Å². The van der Waals surface area contributed by atoms with E-state index in [4.69, 9.17) is 38.1 Å². The molecule has 0 aliphatic rings. The first-order valence-electron chi connectivity index (χ1n) is 16.8. The maximum Gasteiger partial charge on any atom is 0.501 e. The molecule has 9 nitrogen and oxygen atoms in total. The molecule has 0 bridgehead atoms. The molecule has 0 aromatic rings. The predicted molar refractivity (Wildman–Crippen MR) is 174 cm³/mol. The molecule has 1 unspecified atom stereocenters. The molecular formula is C33H67O9Si. The standard InChI is InChI=1S/C29H59O7Si.2C2H4O/c1-5-34-37(35-6-2,36-7-3)27-23-26-33-28(4)32-25-22-20-18-16-14-12-10-8-9-11-13-15-17-19-21-24-29(30)31;2*1-2-3/h28H,4-27H2,1-3H3,(H,30,31);2*1-2H2. The van der Waals surface area contributed by atoms with Crippen molar-refractivity contribution in [3.8, 4) is 0 Å². The van der Waals surface area contributed by atoms with Crippen molar-refractivity contribution in [3.05, 3.63) is 20.8 Å². The van der Waals surface area contributed by atoms with Gasteiger partial charge in [0, 0.05) is 52.4 Å². The molecule has 1 N–H and O–H groups in total. The van der Waals surface area contributed by atoms with E-state index in [0.717, 1.165) is 31.7 Å². The summed E-state index contributed by atoms with van der Waals surface area (Å²) in [5.74, 6) is -0.669. The van der Waals surface area contributed by atoms with Crippen LogP contribution in [0.5, 0.6) is 0 Å². The van der Waals surface area contributed by atoms with E-state index in [1.54, 1.807) is 0 Å². The SMILES string of the molecule is [CH2]C(OCCCCCCCCCCCCCCCCCC(=O)O)OCCC[Si](OCC)(OCC)OCC.[CH2]C[O].[CH2]C[O]. The number of ether oxygens (including phenoxy) is 2. The average Bonchev–Trinajstić information content (AvgIpc) is 2.96. The summed E-state index contributed by atoms with van der Waals surface area (Å²) < 4.78 is 29.0. The van der Waals surface area contributed by atoms with Crippen molar-refractivity contribution in [3.63, 3.8) is 0 Å². The molecule has 43 heavy (non-hydrogen) atoms. The highest BCUT2D eigenvalue weighted by molar-refractivity contribution is 6.60. The second kappa shape index (κ2) is 39.4. The summed E-state index contributed by atoms with van der Waals surface area (Å²) in [6.45, 7) is 18.3. The third-order valence-corrected chi connectivity index (χ3v) is 9.51. The fourth-order valence-corrected chi connectivity index (χ4v) is 7.02. The molecule has 5 radical (unpaired) electrons. The van der Waals surface area contributed by atoms with E-state index in [1.165, 1.54) is 77.0 Å². The Balaban J connectivity index is -0.00000244. The van der Waals surface area contributed by atoms with Crippen LogP contribution >= 0.6 is 0 Å². The van der Waals surface area contributed by atoms with Crippen molar-refractivity contribution >= 4 is 14.8 Å². The third kappa shape index (κ3) is 39.4. The third-order valence-electron chi connectivity index (χ3n) is 6.36. The maximum absolute atomic E-state index is 10.5. The summed E-state index contributed by atoms with van der Waals surface area (Å²) in [5, 5.41) is 26.3. The minimum atomic E-state index is -2.59. The first kappa shape index (κ1) is 46.8. The largest absolute Gasteiger partial charge is 0.501 e. The Hall–Kier alpha value is -0.593. The molecule has 0 heterocycles. The van der Waals surface area contributed by atoms with Gasteiger partial charge < -0.3 is 27.9 Å². The highest BCUT2D eigenvalue weighted by atomic mass is 28.4. The van der Waals surface area contributed by atoms with Gasteiger partial charge in [0.15, 0.2) is 6.29 Å². The lowest BCUT2D eigenvalue weighted by molar-refractivity contribution is -0.137. The Kier molecular flexibility index (Phi) is 42.9. The van der Waals surface area contributed by atoms with Gasteiger partial charge in [-0.2, -0.15) is 0 Å². The topological polar surface area (TPSA) is 123 Å². The van der Waals surface area contributed by atoms with Gasteiger partial charge >= 0.3 is 14.8 Å². The van der Waals surface area contributed by atoms with Crippen molar-refractivity contribution in [2.24, 2.45) is 0 Å². The Morgan fingerprint density at radius 2 is 0.907 bits per heavy atom. The van der Waals surface area contributed by atoms with Crippen LogP contribution < -0.4 is 0 Å². The maximum atomic E-state index is 10.5. The van der Waals surface area contributed by atoms with Gasteiger partial charge in [0.05, 0.1) is 13.2 Å². The number of aliphatic carboxylic acids is 1. The molecule has 0 rings (SSSR count). The van der Waals surface area contributed by atoms with Crippen LogP contribution in [0.15, 0.2) is 0 Å². The second-order valence-corrected chi connectivity index (χ2v) is 12.8. The van der Waals surface area contributed by atoms with Gasteiger partial charge in [-0.3, -0.25) is 4.79 Å². The number of hydrogen-bond donors (Lipinski definition) is 1. The monoisotopic (exact) mass is 635 g/mol. The fourth-order valence-electron chi connectivity index (χ4n) is 4.44. The van der Waals surface area contributed by atoms with Gasteiger partial charge in [-0.1, -0.05) is 83.5 Å². The zero-order chi connectivity index (χ0) is 32.9. The number of rotatable bonds is 30. The molecule has 0 amide bonds. The lowest BCUT2D eigenvalue weighted by Gasteiger charge is -2.28. The molecule has 257 valence electrons. The van der Waals surface area contributed by atoms with Gasteiger partial charge in [0.1, 0.15) is 0 Å². The van der Waals surface area contributed by atoms with E-state index in [0.29, 0.717) is 39.5 Å². The zero-order valence-electron chi connectivity index (χ0n) is 28.1. The van der Waals surface area contributed by atoms with Gasteiger partial charge in [-0.15, -0.1) is 0 Å². The van der Waals surface area contributed by atoms with E-state index in [1.807, 2.05) is 20.8 Å². The molecular weight excluding hydrogens is 568 g/mol. The summed E-state index contributed by atoms with van der Waals surface area (Å²) in [7, 11) is -2.59. The van der Waals surface area contributed by atoms with E-state index < -0.39 is 21.1 Å². The quantitative estimate of drug-likeness (QED) is 0.0477. The number of hydrogen-bond acceptors (Lipinski definition) is 6. The highest BCUT2D eigenvalue weighted by Crippen LogP contribution is 2.19. The summed E-state index contributed by atoms with van der Waals surface area (Å²) in [4.78, 5) is 10.5. The van der Waals surface area contributed by atoms with Crippen molar-refractivity contribution in [1.29, 1.82) is 0 Å². The molecule has 0 fully saturated rings. The van der Waals surface area contributed by atoms with Crippen LogP contribution in [0.25, 0.3) is 0 Å². The molecule has 0 saturated carbocycles. The van der Waals surface area contributed by atoms with Crippen molar-refractivity contribution in [2.45, 2.75) is 142 Å². The molecule has 0 spiro atoms. The van der Waals surface area contributed by atoms with Crippen LogP contribution in [0, 0.1) is 20.8 Å². The zero-order valence-corrected chi connectivity index (χ0v) is 29.1. The van der Waals surface area contributed by atoms with Crippen LogP contribution in [0.3, 0.4) is 0 Å². The molecule has 0 aromatic carbocycles. The molecule has 0 aliphatic carbocycles. The molecule has 0 aromatic heterocycles. The van der Waals surface area contributed by atoms with E-state index in [2.05, 4.69) is 20.8 Å². The Morgan fingerprint density at radius 1 is 0.605 bits per heavy atom. The number of carboxylic acid groups (broad SMARTS) is 1. The van der Waals surface area contributed by atoms with Crippen LogP contribution in [-0.4, -0.2) is 72.4 Å². The Bertz CT molecular complexity index is 508. The Morgan fingerprint density at radius 3 is 1.23 bits per heavy atom. The summed E-state index contributed by atoms with van der Waals surface area (Å²) in [6, 6.07) is 0.743. The number of unbranched alkanes of at least 4 members (excludes halogenated alkanes) is 14. The van der Waals surface area contributed by atoms with E-state index in [9.17, 15) is 4.79 Å². The summed E-state index contributed by atoms with van der Waals surface area (Å²) >= 11 is 0. The lowest BCUT2D eigenvalue weighted by Crippen LogP contribution is -2.46. The van der Waals surface area contributed by atoms with Crippen molar-refractivity contribution in [1.82, 2.24) is 0 Å². The Labute approximate surface area is 266 Å². The minimum Gasteiger partial charge on any atom is -0.481 e. The highest BCUT2D eigenvalue weighted by Gasteiger charge is 2.39. The van der Waals surface area contributed by atoms with Gasteiger partial charge in [-0.05, 0) is 53.9 Å². The average molecular weight is 636 g/mol. The lowest BCUT2D eigenvalue weighted by atomic mass is 10.0. The first-order chi connectivity index (χ1) is 20.8. The fraction of sp³-hybridized carbons (Fsp3) is 0.879. The van der Waals surface area contributed by atoms with Crippen LogP contribution in [0.1, 0.15) is 130 Å². The van der Waals surface area contributed by atoms with Crippen molar-refractivity contribution < 1.29 is 42.9 Å². The number of carboxylic acids is 1. The summed E-state index contributed by atoms with van der Waals surface area (Å²) in [5.41, 5.74) is 0. The summed E-state index contributed by atoms with van der Waals surface area (Å²) in [6.07, 6.45) is 19.2. The van der Waals surface area contributed by atoms with E-state index >= 15 is 0 Å². The smallest absolute Gasteiger partial charge is 0.481 e. The van der Waals surface area contributed by atoms with Gasteiger partial charge in [0.25, 0.3) is 0 Å². The normalized spacial score (nSPS) is 11.8. The van der Waals surface area contributed by atoms with Crippen LogP contribution in [0.2, 0.25) is 6.04 Å². The number of carbonyl (C=O) groups is 1. The predicted octanol–water partition coefficient (Wildman–Crippen LogP) is 8.45. The van der Waals surface area contributed by atoms with Crippen LogP contribution in [-0.2, 0) is 37.8 Å². The first-order valence-corrected chi connectivity index (χ1v) is 18.7. The van der Waals surface area contributed by atoms with Gasteiger partial charge in [-0.25, -0.2) is 10.2 Å². The molecule has 0 saturated heterocycles. The minimum absolute atomic E-state index is 0.250. The van der Waals surface area contributed by atoms with Gasteiger partial charge in [0.2, 0.25) is 0 Å². The molecule has 10 heteroatoms. The van der Waals surface area contributed by atoms with Crippen molar-refractivity contribution in [2.75, 3.05) is 46.2 Å². The molecule has 1 atom stereocenters. The van der Waals surface area contributed by atoms with Crippen LogP contribution in [0.4, 0.5) is 0 Å². The molecule has 0 aliphatic heterocycles. The second-order valence-electron chi connectivity index (χ2n) is 10.1.